The number of nitrogens with one attached hydrogen (secondary N) is 2. The van der Waals surface area contributed by atoms with Crippen LogP contribution in [-0.4, -0.2) is 42.2 Å². The van der Waals surface area contributed by atoms with Crippen LogP contribution in [0.25, 0.3) is 0 Å². The van der Waals surface area contributed by atoms with E-state index in [1.54, 1.807) is 13.2 Å². The lowest BCUT2D eigenvalue weighted by Crippen LogP contribution is -2.32. The van der Waals surface area contributed by atoms with Gasteiger partial charge < -0.3 is 20.1 Å². The molecule has 1 aromatic carbocycles. The van der Waals surface area contributed by atoms with Crippen molar-refractivity contribution in [2.24, 2.45) is 0 Å². The Morgan fingerprint density at radius 2 is 2.24 bits per heavy atom. The second-order valence-corrected chi connectivity index (χ2v) is 5.92. The van der Waals surface area contributed by atoms with Crippen molar-refractivity contribution in [2.45, 2.75) is 25.9 Å². The van der Waals surface area contributed by atoms with Crippen LogP contribution in [-0.2, 0) is 4.74 Å². The molecule has 132 valence electrons. The normalized spacial score (nSPS) is 16.5. The highest BCUT2D eigenvalue weighted by molar-refractivity contribution is 5.92. The Bertz CT molecular complexity index is 745. The molecule has 2 aromatic rings. The minimum Gasteiger partial charge on any atom is -0.497 e. The summed E-state index contributed by atoms with van der Waals surface area (Å²) in [6.07, 6.45) is 2.12. The van der Waals surface area contributed by atoms with Gasteiger partial charge in [-0.15, -0.1) is 0 Å². The molecule has 2 heterocycles. The molecular formula is C18H22N4O3. The molecule has 0 spiro atoms. The minimum absolute atomic E-state index is 0.0984. The van der Waals surface area contributed by atoms with E-state index in [0.29, 0.717) is 23.9 Å². The highest BCUT2D eigenvalue weighted by Gasteiger charge is 2.17. The molecule has 1 amide bonds. The molecule has 1 saturated heterocycles. The molecule has 25 heavy (non-hydrogen) atoms. The van der Waals surface area contributed by atoms with Gasteiger partial charge in [0.05, 0.1) is 13.2 Å². The summed E-state index contributed by atoms with van der Waals surface area (Å²) in [6, 6.07) is 9.11. The van der Waals surface area contributed by atoms with Gasteiger partial charge in [0.25, 0.3) is 5.91 Å². The molecule has 7 nitrogen and oxygen atoms in total. The van der Waals surface area contributed by atoms with Crippen LogP contribution in [0.2, 0.25) is 0 Å². The van der Waals surface area contributed by atoms with Crippen molar-refractivity contribution < 1.29 is 14.3 Å². The zero-order chi connectivity index (χ0) is 17.6. The predicted octanol–water partition coefficient (Wildman–Crippen LogP) is 2.45. The number of hydrogen-bond donors (Lipinski definition) is 2. The maximum atomic E-state index is 12.4. The molecule has 0 saturated carbocycles. The van der Waals surface area contributed by atoms with Gasteiger partial charge in [-0.05, 0) is 38.0 Å². The van der Waals surface area contributed by atoms with Crippen LogP contribution in [0.15, 0.2) is 30.3 Å². The molecule has 3 rings (SSSR count). The first-order valence-electron chi connectivity index (χ1n) is 8.30. The zero-order valence-electron chi connectivity index (χ0n) is 14.4. The number of aromatic nitrogens is 2. The standard InChI is InChI=1S/C18H22N4O3/c1-12-9-16(17(23)19-11-15-7-4-8-25-15)22-18(20-12)21-13-5-3-6-14(10-13)24-2/h3,5-6,9-10,15H,4,7-8,11H2,1-2H3,(H,19,23)(H,20,21,22). The Kier molecular flexibility index (Phi) is 5.45. The van der Waals surface area contributed by atoms with E-state index in [9.17, 15) is 4.79 Å². The van der Waals surface area contributed by atoms with Crippen LogP contribution in [0, 0.1) is 6.92 Å². The van der Waals surface area contributed by atoms with Crippen molar-refractivity contribution in [3.63, 3.8) is 0 Å². The fourth-order valence-corrected chi connectivity index (χ4v) is 2.67. The van der Waals surface area contributed by atoms with Crippen molar-refractivity contribution in [1.82, 2.24) is 15.3 Å². The van der Waals surface area contributed by atoms with Crippen LogP contribution < -0.4 is 15.4 Å². The van der Waals surface area contributed by atoms with Gasteiger partial charge >= 0.3 is 0 Å². The second-order valence-electron chi connectivity index (χ2n) is 5.92. The molecule has 7 heteroatoms. The molecule has 1 fully saturated rings. The number of amides is 1. The summed E-state index contributed by atoms with van der Waals surface area (Å²) >= 11 is 0. The van der Waals surface area contributed by atoms with Crippen LogP contribution in [0.5, 0.6) is 5.75 Å². The van der Waals surface area contributed by atoms with E-state index >= 15 is 0 Å². The summed E-state index contributed by atoms with van der Waals surface area (Å²) < 4.78 is 10.7. The molecule has 1 aliphatic rings. The number of benzene rings is 1. The van der Waals surface area contributed by atoms with E-state index in [4.69, 9.17) is 9.47 Å². The average Bonchev–Trinajstić information content (AvgIpc) is 3.13. The lowest BCUT2D eigenvalue weighted by molar-refractivity contribution is 0.0853. The summed E-state index contributed by atoms with van der Waals surface area (Å²) in [7, 11) is 1.61. The Balaban J connectivity index is 1.69. The molecule has 1 aromatic heterocycles. The van der Waals surface area contributed by atoms with Gasteiger partial charge in [0, 0.05) is 30.6 Å². The van der Waals surface area contributed by atoms with E-state index in [2.05, 4.69) is 20.6 Å². The van der Waals surface area contributed by atoms with E-state index in [1.807, 2.05) is 31.2 Å². The highest BCUT2D eigenvalue weighted by atomic mass is 16.5. The Morgan fingerprint density at radius 3 is 3.00 bits per heavy atom. The lowest BCUT2D eigenvalue weighted by Gasteiger charge is -2.12. The summed E-state index contributed by atoms with van der Waals surface area (Å²) in [6.45, 7) is 3.09. The third-order valence-corrected chi connectivity index (χ3v) is 3.93. The first-order chi connectivity index (χ1) is 12.1. The van der Waals surface area contributed by atoms with Gasteiger partial charge in [-0.1, -0.05) is 6.07 Å². The van der Waals surface area contributed by atoms with Gasteiger partial charge in [0.1, 0.15) is 11.4 Å². The first-order valence-corrected chi connectivity index (χ1v) is 8.30. The van der Waals surface area contributed by atoms with Gasteiger partial charge in [-0.25, -0.2) is 9.97 Å². The fraction of sp³-hybridized carbons (Fsp3) is 0.389. The van der Waals surface area contributed by atoms with E-state index in [-0.39, 0.29) is 12.0 Å². The molecule has 2 N–H and O–H groups in total. The molecule has 0 radical (unpaired) electrons. The van der Waals surface area contributed by atoms with Crippen molar-refractivity contribution in [1.29, 1.82) is 0 Å². The predicted molar refractivity (Wildman–Crippen MR) is 94.4 cm³/mol. The lowest BCUT2D eigenvalue weighted by atomic mass is 10.2. The number of methoxy groups -OCH3 is 1. The molecule has 1 unspecified atom stereocenters. The average molecular weight is 342 g/mol. The number of nitrogens with zero attached hydrogens (tertiary/aromatic N) is 2. The number of aryl methyl sites for hydroxylation is 1. The van der Waals surface area contributed by atoms with E-state index in [1.165, 1.54) is 0 Å². The third-order valence-electron chi connectivity index (χ3n) is 3.93. The quantitative estimate of drug-likeness (QED) is 0.839. The van der Waals surface area contributed by atoms with Crippen LogP contribution in [0.4, 0.5) is 11.6 Å². The van der Waals surface area contributed by atoms with Gasteiger partial charge in [0.2, 0.25) is 5.95 Å². The second kappa shape index (κ2) is 7.94. The van der Waals surface area contributed by atoms with Gasteiger partial charge in [-0.3, -0.25) is 4.79 Å². The summed E-state index contributed by atoms with van der Waals surface area (Å²) in [5, 5.41) is 5.98. The maximum absolute atomic E-state index is 12.4. The van der Waals surface area contributed by atoms with Crippen molar-refractivity contribution in [2.75, 3.05) is 25.6 Å². The SMILES string of the molecule is COc1cccc(Nc2nc(C)cc(C(=O)NCC3CCCO3)n2)c1. The van der Waals surface area contributed by atoms with Crippen LogP contribution in [0.3, 0.4) is 0 Å². The summed E-state index contributed by atoms with van der Waals surface area (Å²) in [5.41, 5.74) is 1.83. The maximum Gasteiger partial charge on any atom is 0.270 e. The zero-order valence-corrected chi connectivity index (χ0v) is 14.4. The summed E-state index contributed by atoms with van der Waals surface area (Å²) in [4.78, 5) is 21.0. The molecule has 0 aliphatic carbocycles. The third kappa shape index (κ3) is 4.67. The Morgan fingerprint density at radius 1 is 1.36 bits per heavy atom. The largest absolute Gasteiger partial charge is 0.497 e. The summed E-state index contributed by atoms with van der Waals surface area (Å²) in [5.74, 6) is 0.873. The minimum atomic E-state index is -0.227. The van der Waals surface area contributed by atoms with Crippen LogP contribution in [0.1, 0.15) is 29.0 Å². The number of carbonyl (C=O) groups excluding carboxylic acids is 1. The molecular weight excluding hydrogens is 320 g/mol. The molecule has 0 bridgehead atoms. The van der Waals surface area contributed by atoms with Gasteiger partial charge in [0.15, 0.2) is 0 Å². The Hall–Kier alpha value is -2.67. The van der Waals surface area contributed by atoms with E-state index in [0.717, 1.165) is 30.9 Å². The van der Waals surface area contributed by atoms with Crippen molar-refractivity contribution in [3.05, 3.63) is 41.7 Å². The van der Waals surface area contributed by atoms with Crippen molar-refractivity contribution >= 4 is 17.5 Å². The topological polar surface area (TPSA) is 85.4 Å². The molecule has 1 aliphatic heterocycles. The molecule has 1 atom stereocenters. The number of ether oxygens (including phenoxy) is 2. The number of carbonyl (C=O) groups is 1. The van der Waals surface area contributed by atoms with Crippen molar-refractivity contribution in [3.8, 4) is 5.75 Å². The number of anilines is 2. The number of hydrogen-bond acceptors (Lipinski definition) is 6. The van der Waals surface area contributed by atoms with E-state index < -0.39 is 0 Å². The Labute approximate surface area is 146 Å². The highest BCUT2D eigenvalue weighted by Crippen LogP contribution is 2.20. The number of rotatable bonds is 6. The first kappa shape index (κ1) is 17.2. The smallest absolute Gasteiger partial charge is 0.270 e. The fourth-order valence-electron chi connectivity index (χ4n) is 2.67. The monoisotopic (exact) mass is 342 g/mol. The van der Waals surface area contributed by atoms with Crippen LogP contribution >= 0.6 is 0 Å². The van der Waals surface area contributed by atoms with Gasteiger partial charge in [-0.2, -0.15) is 0 Å².